The molecule has 0 saturated heterocycles. The van der Waals surface area contributed by atoms with Crippen molar-refractivity contribution < 1.29 is 14.3 Å². The summed E-state index contributed by atoms with van der Waals surface area (Å²) in [5, 5.41) is 0. The number of carbonyl (C=O) groups excluding carboxylic acids is 2. The van der Waals surface area contributed by atoms with Crippen LogP contribution < -0.4 is 0 Å². The molecule has 2 aromatic rings. The highest BCUT2D eigenvalue weighted by atomic mass is 127. The monoisotopic (exact) mass is 437 g/mol. The molecule has 0 aliphatic rings. The van der Waals surface area contributed by atoms with Gasteiger partial charge in [0.1, 0.15) is 0 Å². The highest BCUT2D eigenvalue weighted by molar-refractivity contribution is 14.1. The van der Waals surface area contributed by atoms with Crippen molar-refractivity contribution in [3.05, 3.63) is 69.3 Å². The van der Waals surface area contributed by atoms with Gasteiger partial charge in [-0.3, -0.25) is 9.59 Å². The van der Waals surface area contributed by atoms with Crippen LogP contribution >= 0.6 is 22.6 Å². The number of halogens is 1. The number of benzene rings is 2. The van der Waals surface area contributed by atoms with Crippen LogP contribution in [0.1, 0.15) is 29.3 Å². The van der Waals surface area contributed by atoms with Crippen LogP contribution in [-0.2, 0) is 16.1 Å². The van der Waals surface area contributed by atoms with E-state index in [9.17, 15) is 9.59 Å². The van der Waals surface area contributed by atoms with Crippen LogP contribution in [0.4, 0.5) is 0 Å². The fraction of sp³-hybridized carbons (Fsp3) is 0.263. The van der Waals surface area contributed by atoms with Gasteiger partial charge in [-0.2, -0.15) is 0 Å². The van der Waals surface area contributed by atoms with Crippen molar-refractivity contribution in [2.45, 2.75) is 19.9 Å². The van der Waals surface area contributed by atoms with Crippen molar-refractivity contribution in [2.75, 3.05) is 13.2 Å². The van der Waals surface area contributed by atoms with Crippen LogP contribution in [-0.4, -0.2) is 29.9 Å². The summed E-state index contributed by atoms with van der Waals surface area (Å²) >= 11 is 2.16. The summed E-state index contributed by atoms with van der Waals surface area (Å²) in [6.07, 6.45) is 0.190. The Labute approximate surface area is 156 Å². The Bertz CT molecular complexity index is 688. The molecule has 0 atom stereocenters. The first-order valence-corrected chi connectivity index (χ1v) is 8.93. The van der Waals surface area contributed by atoms with Gasteiger partial charge in [0, 0.05) is 16.7 Å². The zero-order chi connectivity index (χ0) is 17.4. The van der Waals surface area contributed by atoms with Gasteiger partial charge in [-0.1, -0.05) is 42.5 Å². The Balaban J connectivity index is 2.16. The summed E-state index contributed by atoms with van der Waals surface area (Å²) in [5.41, 5.74) is 1.68. The maximum absolute atomic E-state index is 12.9. The summed E-state index contributed by atoms with van der Waals surface area (Å²) in [4.78, 5) is 26.3. The Hall–Kier alpha value is -1.89. The summed E-state index contributed by atoms with van der Waals surface area (Å²) in [7, 11) is 0. The molecule has 0 fully saturated rings. The number of carbonyl (C=O) groups is 2. The molecule has 0 saturated carbocycles. The zero-order valence-electron chi connectivity index (χ0n) is 13.6. The standard InChI is InChI=1S/C19H20INO3/c1-2-24-18(22)12-13-21(14-15-8-4-3-5-9-15)19(23)16-10-6-7-11-17(16)20/h3-11H,2,12-14H2,1H3. The Morgan fingerprint density at radius 2 is 1.71 bits per heavy atom. The summed E-state index contributed by atoms with van der Waals surface area (Å²) in [5.74, 6) is -0.362. The third-order valence-electron chi connectivity index (χ3n) is 3.50. The largest absolute Gasteiger partial charge is 0.466 e. The third-order valence-corrected chi connectivity index (χ3v) is 4.44. The van der Waals surface area contributed by atoms with E-state index in [4.69, 9.17) is 4.74 Å². The van der Waals surface area contributed by atoms with E-state index in [-0.39, 0.29) is 18.3 Å². The lowest BCUT2D eigenvalue weighted by molar-refractivity contribution is -0.143. The van der Waals surface area contributed by atoms with Crippen LogP contribution in [0.5, 0.6) is 0 Å². The lowest BCUT2D eigenvalue weighted by atomic mass is 10.1. The predicted octanol–water partition coefficient (Wildman–Crippen LogP) is 3.89. The summed E-state index contributed by atoms with van der Waals surface area (Å²) in [6.45, 7) is 2.92. The van der Waals surface area contributed by atoms with Gasteiger partial charge < -0.3 is 9.64 Å². The Kier molecular flexibility index (Phi) is 7.24. The van der Waals surface area contributed by atoms with Crippen LogP contribution in [0.2, 0.25) is 0 Å². The van der Waals surface area contributed by atoms with Crippen molar-refractivity contribution in [3.63, 3.8) is 0 Å². The molecular formula is C19H20INO3. The van der Waals surface area contributed by atoms with E-state index in [0.717, 1.165) is 9.13 Å². The summed E-state index contributed by atoms with van der Waals surface area (Å²) < 4.78 is 5.87. The number of rotatable bonds is 7. The van der Waals surface area contributed by atoms with Crippen molar-refractivity contribution >= 4 is 34.5 Å². The number of nitrogens with zero attached hydrogens (tertiary/aromatic N) is 1. The van der Waals surface area contributed by atoms with E-state index in [1.807, 2.05) is 54.6 Å². The van der Waals surface area contributed by atoms with E-state index in [1.54, 1.807) is 11.8 Å². The van der Waals surface area contributed by atoms with Crippen molar-refractivity contribution in [1.82, 2.24) is 4.90 Å². The van der Waals surface area contributed by atoms with Gasteiger partial charge >= 0.3 is 5.97 Å². The number of esters is 1. The minimum absolute atomic E-state index is 0.0758. The second-order valence-corrected chi connectivity index (χ2v) is 6.41. The number of amides is 1. The highest BCUT2D eigenvalue weighted by Crippen LogP contribution is 2.16. The first kappa shape index (κ1) is 18.4. The number of hydrogen-bond acceptors (Lipinski definition) is 3. The highest BCUT2D eigenvalue weighted by Gasteiger charge is 2.19. The molecule has 2 aromatic carbocycles. The summed E-state index contributed by atoms with van der Waals surface area (Å²) in [6, 6.07) is 17.2. The van der Waals surface area contributed by atoms with E-state index >= 15 is 0 Å². The van der Waals surface area contributed by atoms with Gasteiger partial charge in [-0.15, -0.1) is 0 Å². The number of hydrogen-bond donors (Lipinski definition) is 0. The molecule has 0 aliphatic heterocycles. The zero-order valence-corrected chi connectivity index (χ0v) is 15.7. The normalized spacial score (nSPS) is 10.2. The molecule has 4 nitrogen and oxygen atoms in total. The molecule has 0 N–H and O–H groups in total. The first-order chi connectivity index (χ1) is 11.6. The van der Waals surface area contributed by atoms with E-state index in [1.165, 1.54) is 0 Å². The second-order valence-electron chi connectivity index (χ2n) is 5.25. The molecule has 0 spiro atoms. The minimum atomic E-state index is -0.286. The number of ether oxygens (including phenoxy) is 1. The molecule has 5 heteroatoms. The van der Waals surface area contributed by atoms with Gasteiger partial charge in [0.05, 0.1) is 18.6 Å². The Morgan fingerprint density at radius 1 is 1.04 bits per heavy atom. The maximum atomic E-state index is 12.9. The molecule has 2 rings (SSSR count). The molecule has 0 bridgehead atoms. The third kappa shape index (κ3) is 5.33. The minimum Gasteiger partial charge on any atom is -0.466 e. The van der Waals surface area contributed by atoms with E-state index in [2.05, 4.69) is 22.6 Å². The fourth-order valence-electron chi connectivity index (χ4n) is 2.32. The van der Waals surface area contributed by atoms with Gasteiger partial charge in [-0.25, -0.2) is 0 Å². The van der Waals surface area contributed by atoms with E-state index in [0.29, 0.717) is 25.3 Å². The van der Waals surface area contributed by atoms with Crippen LogP contribution in [0, 0.1) is 3.57 Å². The van der Waals surface area contributed by atoms with Gasteiger partial charge in [-0.05, 0) is 47.2 Å². The van der Waals surface area contributed by atoms with Gasteiger partial charge in [0.15, 0.2) is 0 Å². The molecule has 0 unspecified atom stereocenters. The SMILES string of the molecule is CCOC(=O)CCN(Cc1ccccc1)C(=O)c1ccccc1I. The van der Waals surface area contributed by atoms with Crippen molar-refractivity contribution in [1.29, 1.82) is 0 Å². The van der Waals surface area contributed by atoms with Crippen LogP contribution in [0.25, 0.3) is 0 Å². The first-order valence-electron chi connectivity index (χ1n) is 7.85. The Morgan fingerprint density at radius 3 is 2.38 bits per heavy atom. The molecule has 0 radical (unpaired) electrons. The van der Waals surface area contributed by atoms with Crippen molar-refractivity contribution in [3.8, 4) is 0 Å². The molecule has 126 valence electrons. The lowest BCUT2D eigenvalue weighted by Crippen LogP contribution is -2.33. The average molecular weight is 437 g/mol. The molecule has 0 aliphatic carbocycles. The maximum Gasteiger partial charge on any atom is 0.307 e. The quantitative estimate of drug-likeness (QED) is 0.488. The molecule has 0 aromatic heterocycles. The molecular weight excluding hydrogens is 417 g/mol. The second kappa shape index (κ2) is 9.42. The van der Waals surface area contributed by atoms with Crippen LogP contribution in [0.3, 0.4) is 0 Å². The molecule has 24 heavy (non-hydrogen) atoms. The topological polar surface area (TPSA) is 46.6 Å². The fourth-order valence-corrected chi connectivity index (χ4v) is 2.94. The molecule has 0 heterocycles. The van der Waals surface area contributed by atoms with E-state index < -0.39 is 0 Å². The lowest BCUT2D eigenvalue weighted by Gasteiger charge is -2.23. The predicted molar refractivity (Wildman–Crippen MR) is 102 cm³/mol. The average Bonchev–Trinajstić information content (AvgIpc) is 2.59. The van der Waals surface area contributed by atoms with Crippen LogP contribution in [0.15, 0.2) is 54.6 Å². The smallest absolute Gasteiger partial charge is 0.307 e. The van der Waals surface area contributed by atoms with Gasteiger partial charge in [0.25, 0.3) is 5.91 Å². The van der Waals surface area contributed by atoms with Crippen molar-refractivity contribution in [2.24, 2.45) is 0 Å². The van der Waals surface area contributed by atoms with Gasteiger partial charge in [0.2, 0.25) is 0 Å². The molecule has 1 amide bonds.